The standard InChI is InChI=1S/C13H23N3O2/c1-5-6-12-14-13(18-15-12)11(4)16-7-9(2)17-10(3)8-16/h9-11H,5-8H2,1-4H3/t9-,10+,11-/m1/s1. The molecular formula is C13H23N3O2. The molecule has 1 aliphatic heterocycles. The summed E-state index contributed by atoms with van der Waals surface area (Å²) in [6, 6.07) is 0.164. The van der Waals surface area contributed by atoms with Crippen molar-refractivity contribution in [1.82, 2.24) is 15.0 Å². The third-order valence-electron chi connectivity index (χ3n) is 3.31. The van der Waals surface area contributed by atoms with Crippen molar-refractivity contribution in [1.29, 1.82) is 0 Å². The predicted octanol–water partition coefficient (Wildman–Crippen LogP) is 2.19. The molecule has 1 saturated heterocycles. The van der Waals surface area contributed by atoms with E-state index < -0.39 is 0 Å². The first-order valence-corrected chi connectivity index (χ1v) is 6.82. The largest absolute Gasteiger partial charge is 0.373 e. The molecule has 0 aliphatic carbocycles. The topological polar surface area (TPSA) is 51.4 Å². The lowest BCUT2D eigenvalue weighted by Gasteiger charge is -2.37. The maximum Gasteiger partial charge on any atom is 0.243 e. The molecule has 0 unspecified atom stereocenters. The van der Waals surface area contributed by atoms with Crippen molar-refractivity contribution in [3.63, 3.8) is 0 Å². The lowest BCUT2D eigenvalue weighted by molar-refractivity contribution is -0.0818. The number of aromatic nitrogens is 2. The van der Waals surface area contributed by atoms with Gasteiger partial charge in [-0.15, -0.1) is 0 Å². The molecule has 0 aromatic carbocycles. The van der Waals surface area contributed by atoms with Gasteiger partial charge in [-0.3, -0.25) is 4.90 Å². The van der Waals surface area contributed by atoms with Gasteiger partial charge in [-0.1, -0.05) is 12.1 Å². The average molecular weight is 253 g/mol. The summed E-state index contributed by atoms with van der Waals surface area (Å²) in [5, 5.41) is 4.02. The van der Waals surface area contributed by atoms with E-state index in [4.69, 9.17) is 9.26 Å². The molecule has 5 heteroatoms. The minimum Gasteiger partial charge on any atom is -0.373 e. The molecule has 0 bridgehead atoms. The van der Waals surface area contributed by atoms with Gasteiger partial charge in [0.15, 0.2) is 5.82 Å². The molecule has 0 amide bonds. The van der Waals surface area contributed by atoms with E-state index in [9.17, 15) is 0 Å². The highest BCUT2D eigenvalue weighted by atomic mass is 16.5. The van der Waals surface area contributed by atoms with Crippen LogP contribution in [0.3, 0.4) is 0 Å². The lowest BCUT2D eigenvalue weighted by Crippen LogP contribution is -2.46. The summed E-state index contributed by atoms with van der Waals surface area (Å²) < 4.78 is 11.1. The molecule has 1 fully saturated rings. The highest BCUT2D eigenvalue weighted by molar-refractivity contribution is 4.93. The second kappa shape index (κ2) is 5.80. The number of ether oxygens (including phenoxy) is 1. The van der Waals surface area contributed by atoms with Gasteiger partial charge in [0.05, 0.1) is 18.2 Å². The van der Waals surface area contributed by atoms with Crippen LogP contribution < -0.4 is 0 Å². The molecule has 1 aliphatic rings. The van der Waals surface area contributed by atoms with Crippen LogP contribution in [0.5, 0.6) is 0 Å². The Kier molecular flexibility index (Phi) is 4.35. The highest BCUT2D eigenvalue weighted by Gasteiger charge is 2.29. The Morgan fingerprint density at radius 1 is 1.33 bits per heavy atom. The molecule has 0 N–H and O–H groups in total. The number of morpholine rings is 1. The van der Waals surface area contributed by atoms with Crippen LogP contribution in [-0.4, -0.2) is 40.3 Å². The Bertz CT molecular complexity index is 370. The summed E-state index contributed by atoms with van der Waals surface area (Å²) in [6.45, 7) is 10.3. The number of hydrogen-bond donors (Lipinski definition) is 0. The van der Waals surface area contributed by atoms with Gasteiger partial charge in [0.2, 0.25) is 5.89 Å². The normalized spacial score (nSPS) is 27.3. The molecule has 1 aromatic heterocycles. The molecule has 0 spiro atoms. The van der Waals surface area contributed by atoms with Crippen LogP contribution in [0.25, 0.3) is 0 Å². The Hall–Kier alpha value is -0.940. The van der Waals surface area contributed by atoms with Gasteiger partial charge in [0, 0.05) is 19.5 Å². The van der Waals surface area contributed by atoms with Crippen LogP contribution in [-0.2, 0) is 11.2 Å². The van der Waals surface area contributed by atoms with Gasteiger partial charge in [0.1, 0.15) is 0 Å². The Morgan fingerprint density at radius 3 is 2.61 bits per heavy atom. The zero-order valence-electron chi connectivity index (χ0n) is 11.7. The van der Waals surface area contributed by atoms with E-state index in [1.807, 2.05) is 0 Å². The smallest absolute Gasteiger partial charge is 0.243 e. The van der Waals surface area contributed by atoms with Crippen molar-refractivity contribution in [3.05, 3.63) is 11.7 Å². The summed E-state index contributed by atoms with van der Waals surface area (Å²) in [5.74, 6) is 1.54. The summed E-state index contributed by atoms with van der Waals surface area (Å²) in [5.41, 5.74) is 0. The van der Waals surface area contributed by atoms with Crippen LogP contribution >= 0.6 is 0 Å². The van der Waals surface area contributed by atoms with E-state index in [0.717, 1.165) is 37.6 Å². The van der Waals surface area contributed by atoms with E-state index in [-0.39, 0.29) is 18.2 Å². The Balaban J connectivity index is 2.02. The fourth-order valence-corrected chi connectivity index (χ4v) is 2.45. The predicted molar refractivity (Wildman–Crippen MR) is 68.3 cm³/mol. The van der Waals surface area contributed by atoms with E-state index in [1.165, 1.54) is 0 Å². The molecule has 5 nitrogen and oxygen atoms in total. The zero-order valence-corrected chi connectivity index (χ0v) is 11.7. The van der Waals surface area contributed by atoms with Crippen molar-refractivity contribution < 1.29 is 9.26 Å². The first-order valence-electron chi connectivity index (χ1n) is 6.82. The Morgan fingerprint density at radius 2 is 2.00 bits per heavy atom. The molecule has 0 radical (unpaired) electrons. The number of hydrogen-bond acceptors (Lipinski definition) is 5. The van der Waals surface area contributed by atoms with Crippen molar-refractivity contribution in [3.8, 4) is 0 Å². The second-order valence-corrected chi connectivity index (χ2v) is 5.19. The average Bonchev–Trinajstić information content (AvgIpc) is 2.76. The fraction of sp³-hybridized carbons (Fsp3) is 0.846. The Labute approximate surface area is 108 Å². The summed E-state index contributed by atoms with van der Waals surface area (Å²) >= 11 is 0. The molecule has 18 heavy (non-hydrogen) atoms. The van der Waals surface area contributed by atoms with E-state index in [0.29, 0.717) is 0 Å². The van der Waals surface area contributed by atoms with Gasteiger partial charge >= 0.3 is 0 Å². The van der Waals surface area contributed by atoms with Crippen molar-refractivity contribution in [2.45, 2.75) is 58.8 Å². The number of nitrogens with zero attached hydrogens (tertiary/aromatic N) is 3. The fourth-order valence-electron chi connectivity index (χ4n) is 2.45. The highest BCUT2D eigenvalue weighted by Crippen LogP contribution is 2.23. The molecule has 2 rings (SSSR count). The molecule has 1 aromatic rings. The number of rotatable bonds is 4. The monoisotopic (exact) mass is 253 g/mol. The second-order valence-electron chi connectivity index (χ2n) is 5.19. The molecule has 2 heterocycles. The van der Waals surface area contributed by atoms with Crippen molar-refractivity contribution >= 4 is 0 Å². The minimum absolute atomic E-state index is 0.164. The first-order chi connectivity index (χ1) is 8.60. The van der Waals surface area contributed by atoms with Crippen LogP contribution in [0.2, 0.25) is 0 Å². The lowest BCUT2D eigenvalue weighted by atomic mass is 10.2. The first kappa shape index (κ1) is 13.5. The SMILES string of the molecule is CCCc1noc([C@@H](C)N2C[C@@H](C)O[C@@H](C)C2)n1. The third-order valence-corrected chi connectivity index (χ3v) is 3.31. The van der Waals surface area contributed by atoms with E-state index in [2.05, 4.69) is 42.7 Å². The minimum atomic E-state index is 0.164. The maximum atomic E-state index is 5.74. The van der Waals surface area contributed by atoms with Crippen molar-refractivity contribution in [2.75, 3.05) is 13.1 Å². The van der Waals surface area contributed by atoms with Crippen LogP contribution in [0.15, 0.2) is 4.52 Å². The summed E-state index contributed by atoms with van der Waals surface area (Å²) in [7, 11) is 0. The van der Waals surface area contributed by atoms with Gasteiger partial charge in [0.25, 0.3) is 0 Å². The maximum absolute atomic E-state index is 5.74. The van der Waals surface area contributed by atoms with E-state index in [1.54, 1.807) is 0 Å². The quantitative estimate of drug-likeness (QED) is 0.823. The molecule has 102 valence electrons. The van der Waals surface area contributed by atoms with Crippen LogP contribution in [0, 0.1) is 0 Å². The van der Waals surface area contributed by atoms with Crippen LogP contribution in [0.1, 0.15) is 51.9 Å². The van der Waals surface area contributed by atoms with Gasteiger partial charge in [-0.2, -0.15) is 4.98 Å². The van der Waals surface area contributed by atoms with Crippen LogP contribution in [0.4, 0.5) is 0 Å². The van der Waals surface area contributed by atoms with Gasteiger partial charge < -0.3 is 9.26 Å². The third kappa shape index (κ3) is 3.09. The van der Waals surface area contributed by atoms with E-state index >= 15 is 0 Å². The molecular weight excluding hydrogens is 230 g/mol. The van der Waals surface area contributed by atoms with Crippen molar-refractivity contribution in [2.24, 2.45) is 0 Å². The zero-order chi connectivity index (χ0) is 13.1. The summed E-state index contributed by atoms with van der Waals surface area (Å²) in [4.78, 5) is 6.81. The summed E-state index contributed by atoms with van der Waals surface area (Å²) in [6.07, 6.45) is 2.44. The number of aryl methyl sites for hydroxylation is 1. The molecule has 0 saturated carbocycles. The van der Waals surface area contributed by atoms with Gasteiger partial charge in [-0.25, -0.2) is 0 Å². The van der Waals surface area contributed by atoms with Gasteiger partial charge in [-0.05, 0) is 27.2 Å². The molecule has 3 atom stereocenters.